The molecule has 164 valence electrons. The number of thiophene rings is 1. The standard InChI is InChI=1S/C25H25N3O2S2/c1-17-8-6-7-11-21(17)28-24(30)23-20(14-15-31-23)27-25(28)32-16-22(29)26-18(2)12-13-19-9-4-3-5-10-19/h3-11,14-15,18H,12-13,16H2,1-2H3,(H,26,29)/t18-/m0/s1. The van der Waals surface area contributed by atoms with E-state index in [4.69, 9.17) is 4.98 Å². The van der Waals surface area contributed by atoms with E-state index in [9.17, 15) is 9.59 Å². The Morgan fingerprint density at radius 2 is 1.88 bits per heavy atom. The molecule has 1 amide bonds. The Bertz CT molecular complexity index is 1280. The molecule has 7 heteroatoms. The minimum absolute atomic E-state index is 0.0634. The summed E-state index contributed by atoms with van der Waals surface area (Å²) in [6.45, 7) is 3.99. The number of thioether (sulfide) groups is 1. The third-order valence-electron chi connectivity index (χ3n) is 5.25. The van der Waals surface area contributed by atoms with Gasteiger partial charge in [-0.1, -0.05) is 60.3 Å². The first-order valence-electron chi connectivity index (χ1n) is 10.6. The summed E-state index contributed by atoms with van der Waals surface area (Å²) in [4.78, 5) is 30.5. The van der Waals surface area contributed by atoms with Crippen molar-refractivity contribution in [2.24, 2.45) is 0 Å². The Morgan fingerprint density at radius 3 is 2.66 bits per heavy atom. The van der Waals surface area contributed by atoms with E-state index in [0.29, 0.717) is 15.4 Å². The molecule has 0 unspecified atom stereocenters. The molecule has 0 saturated carbocycles. The van der Waals surface area contributed by atoms with E-state index in [-0.39, 0.29) is 23.3 Å². The second kappa shape index (κ2) is 10.1. The molecule has 1 atom stereocenters. The molecule has 0 aliphatic rings. The van der Waals surface area contributed by atoms with Gasteiger partial charge in [0.25, 0.3) is 5.56 Å². The molecule has 0 aliphatic carbocycles. The third kappa shape index (κ3) is 5.11. The lowest BCUT2D eigenvalue weighted by Gasteiger charge is -2.16. The number of hydrogen-bond donors (Lipinski definition) is 1. The van der Waals surface area contributed by atoms with Gasteiger partial charge in [-0.25, -0.2) is 4.98 Å². The summed E-state index contributed by atoms with van der Waals surface area (Å²) in [5.41, 5.74) is 3.61. The molecule has 32 heavy (non-hydrogen) atoms. The second-order valence-corrected chi connectivity index (χ2v) is 9.60. The highest BCUT2D eigenvalue weighted by Gasteiger charge is 2.17. The van der Waals surface area contributed by atoms with Crippen LogP contribution < -0.4 is 10.9 Å². The number of fused-ring (bicyclic) bond motifs is 1. The quantitative estimate of drug-likeness (QED) is 0.296. The van der Waals surface area contributed by atoms with Gasteiger partial charge in [-0.3, -0.25) is 14.2 Å². The van der Waals surface area contributed by atoms with Gasteiger partial charge in [-0.2, -0.15) is 0 Å². The van der Waals surface area contributed by atoms with Crippen LogP contribution in [0.1, 0.15) is 24.5 Å². The van der Waals surface area contributed by atoms with Crippen molar-refractivity contribution >= 4 is 39.2 Å². The molecule has 2 heterocycles. The second-order valence-electron chi connectivity index (χ2n) is 7.74. The molecular weight excluding hydrogens is 438 g/mol. The fraction of sp³-hybridized carbons (Fsp3) is 0.240. The summed E-state index contributed by atoms with van der Waals surface area (Å²) >= 11 is 2.68. The van der Waals surface area contributed by atoms with Gasteiger partial charge in [0.1, 0.15) is 4.70 Å². The van der Waals surface area contributed by atoms with Crippen LogP contribution in [0.15, 0.2) is 76.0 Å². The van der Waals surface area contributed by atoms with Crippen LogP contribution in [0.25, 0.3) is 15.9 Å². The minimum atomic E-state index is -0.0987. The van der Waals surface area contributed by atoms with Gasteiger partial charge in [0.05, 0.1) is 17.0 Å². The molecule has 2 aromatic heterocycles. The molecular formula is C25H25N3O2S2. The number of aromatic nitrogens is 2. The first-order valence-corrected chi connectivity index (χ1v) is 12.4. The van der Waals surface area contributed by atoms with E-state index in [1.165, 1.54) is 28.7 Å². The normalized spacial score (nSPS) is 12.1. The first kappa shape index (κ1) is 22.3. The van der Waals surface area contributed by atoms with E-state index in [1.807, 2.05) is 67.8 Å². The van der Waals surface area contributed by atoms with Gasteiger partial charge < -0.3 is 5.32 Å². The maximum atomic E-state index is 13.2. The number of rotatable bonds is 8. The zero-order chi connectivity index (χ0) is 22.5. The molecule has 2 aromatic carbocycles. The average Bonchev–Trinajstić information content (AvgIpc) is 3.27. The zero-order valence-electron chi connectivity index (χ0n) is 18.1. The van der Waals surface area contributed by atoms with Gasteiger partial charge in [0.2, 0.25) is 5.91 Å². The van der Waals surface area contributed by atoms with Crippen LogP contribution in [0.2, 0.25) is 0 Å². The summed E-state index contributed by atoms with van der Waals surface area (Å²) < 4.78 is 2.25. The van der Waals surface area contributed by atoms with Crippen LogP contribution in [0.3, 0.4) is 0 Å². The van der Waals surface area contributed by atoms with Crippen LogP contribution in [-0.2, 0) is 11.2 Å². The largest absolute Gasteiger partial charge is 0.353 e. The highest BCUT2D eigenvalue weighted by molar-refractivity contribution is 7.99. The van der Waals surface area contributed by atoms with Crippen molar-refractivity contribution in [1.29, 1.82) is 0 Å². The van der Waals surface area contributed by atoms with Gasteiger partial charge >= 0.3 is 0 Å². The number of aryl methyl sites for hydroxylation is 2. The highest BCUT2D eigenvalue weighted by Crippen LogP contribution is 2.25. The van der Waals surface area contributed by atoms with Crippen molar-refractivity contribution in [3.63, 3.8) is 0 Å². The van der Waals surface area contributed by atoms with Gasteiger partial charge in [-0.15, -0.1) is 11.3 Å². The zero-order valence-corrected chi connectivity index (χ0v) is 19.7. The number of nitrogens with one attached hydrogen (secondary N) is 1. The van der Waals surface area contributed by atoms with E-state index in [0.717, 1.165) is 24.1 Å². The van der Waals surface area contributed by atoms with Crippen LogP contribution >= 0.6 is 23.1 Å². The molecule has 4 aromatic rings. The molecule has 4 rings (SSSR count). The van der Waals surface area contributed by atoms with E-state index >= 15 is 0 Å². The fourth-order valence-electron chi connectivity index (χ4n) is 3.56. The lowest BCUT2D eigenvalue weighted by atomic mass is 10.1. The molecule has 0 aliphatic heterocycles. The van der Waals surface area contributed by atoms with Crippen LogP contribution in [0, 0.1) is 6.92 Å². The Hall–Kier alpha value is -2.90. The lowest BCUT2D eigenvalue weighted by Crippen LogP contribution is -2.34. The van der Waals surface area contributed by atoms with Crippen molar-refractivity contribution in [2.45, 2.75) is 37.9 Å². The summed E-state index contributed by atoms with van der Waals surface area (Å²) in [6.07, 6.45) is 1.78. The molecule has 0 bridgehead atoms. The van der Waals surface area contributed by atoms with E-state index < -0.39 is 0 Å². The predicted molar refractivity (Wildman–Crippen MR) is 133 cm³/mol. The van der Waals surface area contributed by atoms with Gasteiger partial charge in [0.15, 0.2) is 5.16 Å². The highest BCUT2D eigenvalue weighted by atomic mass is 32.2. The molecule has 5 nitrogen and oxygen atoms in total. The van der Waals surface area contributed by atoms with Crippen molar-refractivity contribution in [3.05, 3.63) is 87.5 Å². The third-order valence-corrected chi connectivity index (χ3v) is 7.08. The molecule has 0 saturated heterocycles. The monoisotopic (exact) mass is 463 g/mol. The maximum Gasteiger partial charge on any atom is 0.276 e. The Kier molecular flexibility index (Phi) is 7.07. The van der Waals surface area contributed by atoms with Crippen LogP contribution in [0.4, 0.5) is 0 Å². The number of amides is 1. The maximum absolute atomic E-state index is 13.2. The first-order chi connectivity index (χ1) is 15.5. The number of carbonyl (C=O) groups excluding carboxylic acids is 1. The Labute approximate surface area is 195 Å². The number of nitrogens with zero attached hydrogens (tertiary/aromatic N) is 2. The lowest BCUT2D eigenvalue weighted by molar-refractivity contribution is -0.119. The van der Waals surface area contributed by atoms with Crippen LogP contribution in [0.5, 0.6) is 0 Å². The molecule has 1 N–H and O–H groups in total. The SMILES string of the molecule is Cc1ccccc1-n1c(SCC(=O)N[C@@H](C)CCc2ccccc2)nc2ccsc2c1=O. The fourth-order valence-corrected chi connectivity index (χ4v) is 5.14. The van der Waals surface area contributed by atoms with Crippen molar-refractivity contribution < 1.29 is 4.79 Å². The summed E-state index contributed by atoms with van der Waals surface area (Å²) in [5.74, 6) is 0.135. The molecule has 0 fully saturated rings. The average molecular weight is 464 g/mol. The topological polar surface area (TPSA) is 64.0 Å². The molecule has 0 spiro atoms. The van der Waals surface area contributed by atoms with E-state index in [1.54, 1.807) is 4.57 Å². The van der Waals surface area contributed by atoms with Crippen molar-refractivity contribution in [2.75, 3.05) is 5.75 Å². The van der Waals surface area contributed by atoms with Gasteiger partial charge in [-0.05, 0) is 55.3 Å². The number of carbonyl (C=O) groups is 1. The predicted octanol–water partition coefficient (Wildman–Crippen LogP) is 4.99. The molecule has 0 radical (unpaired) electrons. The number of para-hydroxylation sites is 1. The summed E-state index contributed by atoms with van der Waals surface area (Å²) in [5, 5.41) is 5.47. The number of hydrogen-bond acceptors (Lipinski definition) is 5. The van der Waals surface area contributed by atoms with E-state index in [2.05, 4.69) is 17.4 Å². The Balaban J connectivity index is 1.48. The summed E-state index contributed by atoms with van der Waals surface area (Å²) in [7, 11) is 0. The summed E-state index contributed by atoms with van der Waals surface area (Å²) in [6, 6.07) is 19.9. The smallest absolute Gasteiger partial charge is 0.276 e. The Morgan fingerprint density at radius 1 is 1.12 bits per heavy atom. The van der Waals surface area contributed by atoms with Crippen LogP contribution in [-0.4, -0.2) is 27.3 Å². The van der Waals surface area contributed by atoms with Gasteiger partial charge in [0, 0.05) is 6.04 Å². The number of benzene rings is 2. The van der Waals surface area contributed by atoms with Crippen molar-refractivity contribution in [1.82, 2.24) is 14.9 Å². The minimum Gasteiger partial charge on any atom is -0.353 e. The van der Waals surface area contributed by atoms with Crippen molar-refractivity contribution in [3.8, 4) is 5.69 Å².